The second kappa shape index (κ2) is 3.73. The summed E-state index contributed by atoms with van der Waals surface area (Å²) in [5.41, 5.74) is 6.21. The first-order valence-corrected chi connectivity index (χ1v) is 4.06. The van der Waals surface area contributed by atoms with Crippen molar-refractivity contribution in [3.05, 3.63) is 30.4 Å². The number of anilines is 2. The molecule has 2 aromatic heterocycles. The first-order chi connectivity index (χ1) is 6.84. The molecule has 0 aliphatic rings. The third kappa shape index (κ3) is 1.98. The molecule has 0 spiro atoms. The summed E-state index contributed by atoms with van der Waals surface area (Å²) in [4.78, 5) is 3.89. The van der Waals surface area contributed by atoms with Crippen molar-refractivity contribution in [2.45, 2.75) is 6.54 Å². The SMILES string of the molecule is Nc1nnc(CNc2ccncc2)o1. The van der Waals surface area contributed by atoms with Crippen molar-refractivity contribution in [1.82, 2.24) is 15.2 Å². The molecular formula is C8H9N5O. The Morgan fingerprint density at radius 2 is 2.07 bits per heavy atom. The summed E-state index contributed by atoms with van der Waals surface area (Å²) in [6.45, 7) is 0.453. The van der Waals surface area contributed by atoms with Gasteiger partial charge in [-0.25, -0.2) is 0 Å². The molecule has 0 aliphatic carbocycles. The molecule has 0 atom stereocenters. The molecule has 14 heavy (non-hydrogen) atoms. The van der Waals surface area contributed by atoms with Crippen LogP contribution in [0.25, 0.3) is 0 Å². The Hall–Kier alpha value is -2.11. The van der Waals surface area contributed by atoms with Crippen molar-refractivity contribution in [3.63, 3.8) is 0 Å². The summed E-state index contributed by atoms with van der Waals surface area (Å²) in [6.07, 6.45) is 3.40. The quantitative estimate of drug-likeness (QED) is 0.740. The van der Waals surface area contributed by atoms with Crippen molar-refractivity contribution in [2.24, 2.45) is 0 Å². The molecule has 0 amide bonds. The Labute approximate surface area is 80.2 Å². The Kier molecular flexibility index (Phi) is 2.26. The van der Waals surface area contributed by atoms with Crippen LogP contribution in [0.5, 0.6) is 0 Å². The van der Waals surface area contributed by atoms with E-state index < -0.39 is 0 Å². The van der Waals surface area contributed by atoms with E-state index in [-0.39, 0.29) is 6.01 Å². The highest BCUT2D eigenvalue weighted by Gasteiger charge is 2.01. The number of pyridine rings is 1. The number of nitrogens with zero attached hydrogens (tertiary/aromatic N) is 3. The zero-order chi connectivity index (χ0) is 9.80. The highest BCUT2D eigenvalue weighted by Crippen LogP contribution is 2.06. The van der Waals surface area contributed by atoms with Crippen molar-refractivity contribution in [1.29, 1.82) is 0 Å². The number of rotatable bonds is 3. The molecule has 2 heterocycles. The van der Waals surface area contributed by atoms with Gasteiger partial charge in [-0.3, -0.25) is 4.98 Å². The maximum atomic E-state index is 5.27. The Balaban J connectivity index is 1.95. The maximum absolute atomic E-state index is 5.27. The third-order valence-electron chi connectivity index (χ3n) is 1.61. The molecule has 0 aliphatic heterocycles. The van der Waals surface area contributed by atoms with Crippen molar-refractivity contribution in [2.75, 3.05) is 11.1 Å². The standard InChI is InChI=1S/C8H9N5O/c9-8-13-12-7(14-8)5-11-6-1-3-10-4-2-6/h1-4H,5H2,(H2,9,13)(H,10,11). The lowest BCUT2D eigenvalue weighted by Gasteiger charge is -2.00. The molecule has 0 unspecified atom stereocenters. The minimum Gasteiger partial charge on any atom is -0.406 e. The van der Waals surface area contributed by atoms with E-state index in [4.69, 9.17) is 10.2 Å². The zero-order valence-electron chi connectivity index (χ0n) is 7.34. The number of nitrogens with two attached hydrogens (primary N) is 1. The molecule has 0 bridgehead atoms. The molecule has 2 aromatic rings. The van der Waals surface area contributed by atoms with Gasteiger partial charge in [0.2, 0.25) is 5.89 Å². The summed E-state index contributed by atoms with van der Waals surface area (Å²) in [7, 11) is 0. The lowest BCUT2D eigenvalue weighted by molar-refractivity contribution is 0.519. The summed E-state index contributed by atoms with van der Waals surface area (Å²) >= 11 is 0. The summed E-state index contributed by atoms with van der Waals surface area (Å²) in [6, 6.07) is 3.77. The van der Waals surface area contributed by atoms with Gasteiger partial charge in [0, 0.05) is 18.1 Å². The van der Waals surface area contributed by atoms with Crippen LogP contribution in [0.15, 0.2) is 28.9 Å². The molecule has 6 nitrogen and oxygen atoms in total. The Bertz CT molecular complexity index is 399. The summed E-state index contributed by atoms with van der Waals surface area (Å²) in [5, 5.41) is 10.3. The van der Waals surface area contributed by atoms with Crippen LogP contribution in [0.1, 0.15) is 5.89 Å². The minimum atomic E-state index is 0.0801. The topological polar surface area (TPSA) is 89.9 Å². The van der Waals surface area contributed by atoms with Crippen LogP contribution < -0.4 is 11.1 Å². The van der Waals surface area contributed by atoms with Crippen molar-refractivity contribution >= 4 is 11.7 Å². The number of nitrogens with one attached hydrogen (secondary N) is 1. The first kappa shape index (κ1) is 8.49. The van der Waals surface area contributed by atoms with Crippen LogP contribution in [0.2, 0.25) is 0 Å². The largest absolute Gasteiger partial charge is 0.406 e. The summed E-state index contributed by atoms with van der Waals surface area (Å²) in [5.74, 6) is 0.458. The van der Waals surface area contributed by atoms with Crippen LogP contribution in [-0.4, -0.2) is 15.2 Å². The number of hydrogen-bond donors (Lipinski definition) is 2. The summed E-state index contributed by atoms with van der Waals surface area (Å²) < 4.78 is 4.98. The van der Waals surface area contributed by atoms with E-state index >= 15 is 0 Å². The van der Waals surface area contributed by atoms with Crippen molar-refractivity contribution in [3.8, 4) is 0 Å². The van der Waals surface area contributed by atoms with Gasteiger partial charge in [0.25, 0.3) is 0 Å². The predicted molar refractivity (Wildman–Crippen MR) is 50.3 cm³/mol. The molecule has 0 aromatic carbocycles. The normalized spacial score (nSPS) is 10.0. The lowest BCUT2D eigenvalue weighted by atomic mass is 10.4. The highest BCUT2D eigenvalue weighted by molar-refractivity contribution is 5.40. The van der Waals surface area contributed by atoms with Gasteiger partial charge in [-0.1, -0.05) is 5.10 Å². The monoisotopic (exact) mass is 191 g/mol. The van der Waals surface area contributed by atoms with Gasteiger partial charge in [-0.05, 0) is 12.1 Å². The van der Waals surface area contributed by atoms with E-state index in [0.29, 0.717) is 12.4 Å². The molecule has 0 radical (unpaired) electrons. The van der Waals surface area contributed by atoms with Gasteiger partial charge in [-0.15, -0.1) is 5.10 Å². The van der Waals surface area contributed by atoms with Crippen LogP contribution in [0, 0.1) is 0 Å². The smallest absolute Gasteiger partial charge is 0.312 e. The molecule has 72 valence electrons. The molecule has 3 N–H and O–H groups in total. The Morgan fingerprint density at radius 1 is 1.29 bits per heavy atom. The highest BCUT2D eigenvalue weighted by atomic mass is 16.4. The fourth-order valence-electron chi connectivity index (χ4n) is 0.985. The number of nitrogen functional groups attached to an aromatic ring is 1. The van der Waals surface area contributed by atoms with E-state index in [2.05, 4.69) is 20.5 Å². The molecule has 0 saturated carbocycles. The van der Waals surface area contributed by atoms with E-state index in [9.17, 15) is 0 Å². The van der Waals surface area contributed by atoms with Crippen LogP contribution in [-0.2, 0) is 6.54 Å². The van der Waals surface area contributed by atoms with Gasteiger partial charge >= 0.3 is 6.01 Å². The molecule has 0 saturated heterocycles. The van der Waals surface area contributed by atoms with Gasteiger partial charge in [0.15, 0.2) is 0 Å². The Morgan fingerprint density at radius 3 is 2.71 bits per heavy atom. The van der Waals surface area contributed by atoms with E-state index in [1.807, 2.05) is 12.1 Å². The molecular weight excluding hydrogens is 182 g/mol. The number of aromatic nitrogens is 3. The molecule has 2 rings (SSSR count). The second-order valence-corrected chi connectivity index (χ2v) is 2.62. The molecule has 6 heteroatoms. The maximum Gasteiger partial charge on any atom is 0.312 e. The van der Waals surface area contributed by atoms with Gasteiger partial charge < -0.3 is 15.5 Å². The van der Waals surface area contributed by atoms with Crippen LogP contribution in [0.3, 0.4) is 0 Å². The van der Waals surface area contributed by atoms with Gasteiger partial charge in [0.1, 0.15) is 0 Å². The molecule has 0 fully saturated rings. The second-order valence-electron chi connectivity index (χ2n) is 2.62. The zero-order valence-corrected chi connectivity index (χ0v) is 7.34. The van der Waals surface area contributed by atoms with Gasteiger partial charge in [0.05, 0.1) is 6.54 Å². The fraction of sp³-hybridized carbons (Fsp3) is 0.125. The van der Waals surface area contributed by atoms with E-state index in [1.165, 1.54) is 0 Å². The first-order valence-electron chi connectivity index (χ1n) is 4.06. The van der Waals surface area contributed by atoms with Gasteiger partial charge in [-0.2, -0.15) is 0 Å². The van der Waals surface area contributed by atoms with E-state index in [0.717, 1.165) is 5.69 Å². The lowest BCUT2D eigenvalue weighted by Crippen LogP contribution is -1.99. The average molecular weight is 191 g/mol. The van der Waals surface area contributed by atoms with Crippen molar-refractivity contribution < 1.29 is 4.42 Å². The van der Waals surface area contributed by atoms with Crippen LogP contribution in [0.4, 0.5) is 11.7 Å². The van der Waals surface area contributed by atoms with E-state index in [1.54, 1.807) is 12.4 Å². The third-order valence-corrected chi connectivity index (χ3v) is 1.61. The van der Waals surface area contributed by atoms with Crippen LogP contribution >= 0.6 is 0 Å². The number of hydrogen-bond acceptors (Lipinski definition) is 6. The predicted octanol–water partition coefficient (Wildman–Crippen LogP) is 0.659. The average Bonchev–Trinajstić information content (AvgIpc) is 2.63. The fourth-order valence-corrected chi connectivity index (χ4v) is 0.985. The minimum absolute atomic E-state index is 0.0801.